The minimum atomic E-state index is -2.49. The van der Waals surface area contributed by atoms with Crippen LogP contribution in [0.4, 0.5) is 0 Å². The van der Waals surface area contributed by atoms with Crippen molar-refractivity contribution in [3.63, 3.8) is 0 Å². The number of hydrogen-bond acceptors (Lipinski definition) is 5. The van der Waals surface area contributed by atoms with E-state index in [1.165, 1.54) is 89.9 Å². The summed E-state index contributed by atoms with van der Waals surface area (Å²) in [6, 6.07) is 0. The van der Waals surface area contributed by atoms with E-state index in [0.29, 0.717) is 12.8 Å². The van der Waals surface area contributed by atoms with E-state index in [1.807, 2.05) is 9.24 Å². The molecule has 45 heavy (non-hydrogen) atoms. The van der Waals surface area contributed by atoms with Crippen molar-refractivity contribution in [1.82, 2.24) is 0 Å². The summed E-state index contributed by atoms with van der Waals surface area (Å²) in [4.78, 5) is 25.7. The van der Waals surface area contributed by atoms with Gasteiger partial charge in [0, 0.05) is 12.8 Å². The summed E-state index contributed by atoms with van der Waals surface area (Å²) in [6.07, 6.45) is 39.0. The van der Waals surface area contributed by atoms with E-state index in [-0.39, 0.29) is 12.8 Å². The molecule has 0 aromatic heterocycles. The Balaban J connectivity index is 4.04. The van der Waals surface area contributed by atoms with Gasteiger partial charge < -0.3 is 15.3 Å². The number of carbonyl (C=O) groups is 2. The molecule has 0 aliphatic heterocycles. The van der Waals surface area contributed by atoms with Gasteiger partial charge in [-0.25, -0.2) is 0 Å². The fourth-order valence-corrected chi connectivity index (χ4v) is 6.16. The molecule has 5 nitrogen and oxygen atoms in total. The lowest BCUT2D eigenvalue weighted by Crippen LogP contribution is -2.62. The highest BCUT2D eigenvalue weighted by molar-refractivity contribution is 7.21. The van der Waals surface area contributed by atoms with E-state index >= 15 is 0 Å². The molecule has 0 spiro atoms. The van der Waals surface area contributed by atoms with Crippen LogP contribution in [0.5, 0.6) is 0 Å². The van der Waals surface area contributed by atoms with Crippen molar-refractivity contribution in [2.24, 2.45) is 0 Å². The predicted molar refractivity (Wildman–Crippen MR) is 196 cm³/mol. The highest BCUT2D eigenvalue weighted by atomic mass is 31.0. The van der Waals surface area contributed by atoms with E-state index in [9.17, 15) is 24.9 Å². The largest absolute Gasteiger partial charge is 0.393 e. The first-order valence-electron chi connectivity index (χ1n) is 19.0. The number of carbonyl (C=O) groups excluding carboxylic acids is 2. The van der Waals surface area contributed by atoms with E-state index in [0.717, 1.165) is 64.2 Å². The van der Waals surface area contributed by atoms with Crippen molar-refractivity contribution < 1.29 is 24.9 Å². The second kappa shape index (κ2) is 30.5. The van der Waals surface area contributed by atoms with Crippen molar-refractivity contribution >= 4 is 20.8 Å². The van der Waals surface area contributed by atoms with E-state index in [1.54, 1.807) is 0 Å². The van der Waals surface area contributed by atoms with E-state index < -0.39 is 29.1 Å². The number of ketones is 2. The maximum atomic E-state index is 12.8. The van der Waals surface area contributed by atoms with Crippen LogP contribution in [0.15, 0.2) is 24.3 Å². The Bertz CT molecular complexity index is 763. The van der Waals surface area contributed by atoms with E-state index in [2.05, 4.69) is 38.2 Å². The Hall–Kier alpha value is -0.870. The van der Waals surface area contributed by atoms with Gasteiger partial charge in [-0.15, -0.1) is 0 Å². The van der Waals surface area contributed by atoms with Crippen LogP contribution >= 0.6 is 9.24 Å². The van der Waals surface area contributed by atoms with Crippen molar-refractivity contribution in [1.29, 1.82) is 0 Å². The average Bonchev–Trinajstić information content (AvgIpc) is 3.03. The number of unbranched alkanes of at least 4 members (excludes halogenated alkanes) is 22. The molecule has 0 aromatic rings. The summed E-state index contributed by atoms with van der Waals surface area (Å²) >= 11 is 0. The SMILES string of the molecule is CCCCCCCC/C=C/CCCCCCCC(=O)C(O)(P)C(O)(CO)C(=O)CCCCCCC/C=C/CCCCCCCC. The Labute approximate surface area is 280 Å². The normalized spacial score (nSPS) is 14.7. The van der Waals surface area contributed by atoms with Gasteiger partial charge in [-0.1, -0.05) is 150 Å². The number of hydrogen-bond donors (Lipinski definition) is 3. The lowest BCUT2D eigenvalue weighted by Gasteiger charge is -2.37. The highest BCUT2D eigenvalue weighted by Gasteiger charge is 2.55. The molecular formula is C39H73O5P. The van der Waals surface area contributed by atoms with Crippen molar-refractivity contribution in [2.45, 2.75) is 205 Å². The Morgan fingerprint density at radius 3 is 1.11 bits per heavy atom. The minimum absolute atomic E-state index is 0.0343. The smallest absolute Gasteiger partial charge is 0.185 e. The molecule has 3 unspecified atom stereocenters. The van der Waals surface area contributed by atoms with Gasteiger partial charge in [0.15, 0.2) is 22.5 Å². The lowest BCUT2D eigenvalue weighted by molar-refractivity contribution is -0.172. The zero-order chi connectivity index (χ0) is 33.5. The molecule has 0 fully saturated rings. The van der Waals surface area contributed by atoms with Crippen LogP contribution in [0, 0.1) is 0 Å². The first-order valence-corrected chi connectivity index (χ1v) is 19.6. The Kier molecular flexibility index (Phi) is 29.9. The van der Waals surface area contributed by atoms with Crippen LogP contribution in [0.2, 0.25) is 0 Å². The van der Waals surface area contributed by atoms with Crippen molar-refractivity contribution in [2.75, 3.05) is 6.61 Å². The summed E-state index contributed by atoms with van der Waals surface area (Å²) < 4.78 is 0. The number of aliphatic hydroxyl groups is 3. The monoisotopic (exact) mass is 653 g/mol. The molecule has 0 saturated heterocycles. The van der Waals surface area contributed by atoms with Gasteiger partial charge in [-0.05, 0) is 64.2 Å². The molecule has 0 aliphatic rings. The third-order valence-electron chi connectivity index (χ3n) is 9.08. The number of Topliss-reactive ketones (excluding diaryl/α,β-unsaturated/α-hetero) is 2. The third-order valence-corrected chi connectivity index (χ3v) is 9.88. The van der Waals surface area contributed by atoms with Gasteiger partial charge in [0.2, 0.25) is 0 Å². The maximum Gasteiger partial charge on any atom is 0.185 e. The fourth-order valence-electron chi connectivity index (χ4n) is 5.76. The first-order chi connectivity index (χ1) is 21.8. The van der Waals surface area contributed by atoms with Crippen molar-refractivity contribution in [3.8, 4) is 0 Å². The third kappa shape index (κ3) is 22.4. The van der Waals surface area contributed by atoms with Gasteiger partial charge in [-0.2, -0.15) is 0 Å². The van der Waals surface area contributed by atoms with Crippen LogP contribution in [0.1, 0.15) is 194 Å². The van der Waals surface area contributed by atoms with Gasteiger partial charge in [0.25, 0.3) is 0 Å². The van der Waals surface area contributed by atoms with Gasteiger partial charge >= 0.3 is 0 Å². The fraction of sp³-hybridized carbons (Fsp3) is 0.846. The van der Waals surface area contributed by atoms with Gasteiger partial charge in [0.1, 0.15) is 0 Å². The number of aliphatic hydroxyl groups excluding tert-OH is 1. The predicted octanol–water partition coefficient (Wildman–Crippen LogP) is 10.5. The Morgan fingerprint density at radius 2 is 0.778 bits per heavy atom. The summed E-state index contributed by atoms with van der Waals surface area (Å²) in [5, 5.41) is 29.3. The Morgan fingerprint density at radius 1 is 0.489 bits per heavy atom. The van der Waals surface area contributed by atoms with Crippen LogP contribution < -0.4 is 0 Å². The van der Waals surface area contributed by atoms with Crippen LogP contribution in [0.3, 0.4) is 0 Å². The molecule has 0 bridgehead atoms. The standard InChI is InChI=1S/C39H73O5P/c1-3-5-7-9-11-13-15-17-19-21-23-25-27-29-31-33-36(41)38(43,35-40)39(44,45)37(42)34-32-30-28-26-24-22-20-18-16-14-12-10-8-6-4-2/h17-20,40,43-44H,3-16,21-35,45H2,1-2H3/b19-17+,20-18+. The minimum Gasteiger partial charge on any atom is -0.393 e. The molecule has 6 heteroatoms. The molecular weight excluding hydrogens is 579 g/mol. The molecule has 0 rings (SSSR count). The summed E-state index contributed by atoms with van der Waals surface area (Å²) in [7, 11) is 1.96. The molecule has 264 valence electrons. The van der Waals surface area contributed by atoms with Crippen LogP contribution in [-0.2, 0) is 9.59 Å². The van der Waals surface area contributed by atoms with Crippen molar-refractivity contribution in [3.05, 3.63) is 24.3 Å². The zero-order valence-electron chi connectivity index (χ0n) is 29.6. The quantitative estimate of drug-likeness (QED) is 0.0365. The average molecular weight is 653 g/mol. The van der Waals surface area contributed by atoms with Crippen LogP contribution in [0.25, 0.3) is 0 Å². The molecule has 0 aliphatic carbocycles. The molecule has 0 saturated carbocycles. The first kappa shape index (κ1) is 44.1. The maximum absolute atomic E-state index is 12.8. The molecule has 0 radical (unpaired) electrons. The molecule has 0 aromatic carbocycles. The molecule has 3 N–H and O–H groups in total. The zero-order valence-corrected chi connectivity index (χ0v) is 30.7. The van der Waals surface area contributed by atoms with Gasteiger partial charge in [0.05, 0.1) is 6.61 Å². The second-order valence-corrected chi connectivity index (χ2v) is 14.1. The molecule has 0 heterocycles. The lowest BCUT2D eigenvalue weighted by atomic mass is 9.85. The topological polar surface area (TPSA) is 94.8 Å². The number of allylic oxidation sites excluding steroid dienone is 4. The summed E-state index contributed by atoms with van der Waals surface area (Å²) in [5.74, 6) is -1.28. The van der Waals surface area contributed by atoms with E-state index in [4.69, 9.17) is 0 Å². The molecule has 0 amide bonds. The summed E-state index contributed by atoms with van der Waals surface area (Å²) in [5.41, 5.74) is -2.49. The summed E-state index contributed by atoms with van der Waals surface area (Å²) in [6.45, 7) is 3.51. The molecule has 3 atom stereocenters. The number of rotatable bonds is 34. The van der Waals surface area contributed by atoms with Gasteiger partial charge in [-0.3, -0.25) is 9.59 Å². The van der Waals surface area contributed by atoms with Crippen LogP contribution in [-0.4, -0.2) is 44.4 Å². The second-order valence-electron chi connectivity index (χ2n) is 13.3. The highest BCUT2D eigenvalue weighted by Crippen LogP contribution is 2.34.